The first kappa shape index (κ1) is 5.94. The molecule has 0 spiro atoms. The van der Waals surface area contributed by atoms with Gasteiger partial charge in [-0.25, -0.2) is 0 Å². The molecule has 38 valence electrons. The molecule has 0 aliphatic rings. The fraction of sp³-hybridized carbons (Fsp3) is 0.333. The van der Waals surface area contributed by atoms with Crippen molar-refractivity contribution in [2.75, 3.05) is 7.05 Å². The van der Waals surface area contributed by atoms with Crippen molar-refractivity contribution >= 4 is 13.1 Å². The van der Waals surface area contributed by atoms with Crippen LogP contribution < -0.4 is 0 Å². The van der Waals surface area contributed by atoms with Gasteiger partial charge in [0.15, 0.2) is 0 Å². The fourth-order valence-corrected chi connectivity index (χ4v) is 0.111. The fourth-order valence-electron chi connectivity index (χ4n) is 0.111. The Morgan fingerprint density at radius 1 is 1.57 bits per heavy atom. The Kier molecular flexibility index (Phi) is 4.19. The Bertz CT molecular complexity index is 93.1. The average molecular weight is 98.1 g/mol. The molecule has 0 aliphatic carbocycles. The zero-order chi connectivity index (χ0) is 5.54. The molecule has 0 aromatic heterocycles. The van der Waals surface area contributed by atoms with Gasteiger partial charge in [0.05, 0.1) is 0 Å². The van der Waals surface area contributed by atoms with E-state index < -0.39 is 0 Å². The molecule has 0 saturated heterocycles. The lowest BCUT2D eigenvalue weighted by Crippen LogP contribution is -1.57. The molecule has 0 N–H and O–H groups in total. The van der Waals surface area contributed by atoms with Gasteiger partial charge in [0.25, 0.3) is 0 Å². The summed E-state index contributed by atoms with van der Waals surface area (Å²) >= 11 is 0. The lowest BCUT2D eigenvalue weighted by atomic mass is 11.3. The molecule has 0 aromatic rings. The molecule has 0 bridgehead atoms. The molecule has 0 heterocycles. The monoisotopic (exact) mass is 98.1 g/mol. The smallest absolute Gasteiger partial charge is 0.134 e. The molecule has 4 nitrogen and oxygen atoms in total. The van der Waals surface area contributed by atoms with Crippen molar-refractivity contribution in [3.8, 4) is 0 Å². The van der Waals surface area contributed by atoms with E-state index >= 15 is 0 Å². The minimum atomic E-state index is 1.29. The van der Waals surface area contributed by atoms with Crippen molar-refractivity contribution in [1.29, 1.82) is 0 Å². The van der Waals surface area contributed by atoms with E-state index in [1.165, 1.54) is 6.34 Å². The zero-order valence-electron chi connectivity index (χ0n) is 4.07. The Hall–Kier alpha value is -1.06. The second-order valence-corrected chi connectivity index (χ2v) is 0.720. The molecule has 7 heavy (non-hydrogen) atoms. The van der Waals surface area contributed by atoms with E-state index in [1.807, 2.05) is 0 Å². The summed E-state index contributed by atoms with van der Waals surface area (Å²) in [6, 6.07) is 0. The van der Waals surface area contributed by atoms with Gasteiger partial charge in [0.1, 0.15) is 6.34 Å². The number of nitrogens with zero attached hydrogens (tertiary/aromatic N) is 4. The Morgan fingerprint density at radius 2 is 2.29 bits per heavy atom. The first-order valence-electron chi connectivity index (χ1n) is 1.68. The molecule has 0 radical (unpaired) electrons. The van der Waals surface area contributed by atoms with Gasteiger partial charge in [-0.15, -0.1) is 10.2 Å². The van der Waals surface area contributed by atoms with Gasteiger partial charge in [-0.3, -0.25) is 4.99 Å². The number of hydrogen-bond acceptors (Lipinski definition) is 2. The van der Waals surface area contributed by atoms with E-state index in [0.29, 0.717) is 0 Å². The summed E-state index contributed by atoms with van der Waals surface area (Å²) < 4.78 is 0. The van der Waals surface area contributed by atoms with E-state index in [-0.39, 0.29) is 0 Å². The first-order valence-corrected chi connectivity index (χ1v) is 1.68. The van der Waals surface area contributed by atoms with Crippen LogP contribution in [0.15, 0.2) is 20.4 Å². The topological polar surface area (TPSA) is 49.4 Å². The summed E-state index contributed by atoms with van der Waals surface area (Å²) in [4.78, 5) is 3.50. The molecular weight excluding hydrogens is 92.1 g/mol. The summed E-state index contributed by atoms with van der Waals surface area (Å²) in [6.45, 7) is 3.06. The third-order valence-electron chi connectivity index (χ3n) is 0.282. The Balaban J connectivity index is 3.27. The van der Waals surface area contributed by atoms with Crippen LogP contribution >= 0.6 is 0 Å². The van der Waals surface area contributed by atoms with Gasteiger partial charge in [-0.2, -0.15) is 0 Å². The molecule has 4 heteroatoms. The van der Waals surface area contributed by atoms with Gasteiger partial charge < -0.3 is 0 Å². The number of hydrogen-bond donors (Lipinski definition) is 0. The van der Waals surface area contributed by atoms with Crippen molar-refractivity contribution in [3.63, 3.8) is 0 Å². The summed E-state index contributed by atoms with van der Waals surface area (Å²) in [5.41, 5.74) is 0. The van der Waals surface area contributed by atoms with Crippen LogP contribution in [0.3, 0.4) is 0 Å². The predicted octanol–water partition coefficient (Wildman–Crippen LogP) is 0.712. The van der Waals surface area contributed by atoms with E-state index in [1.54, 1.807) is 7.05 Å². The third kappa shape index (κ3) is 4.94. The number of aliphatic imine (C=N–C) groups is 1. The number of rotatable bonds is 2. The predicted molar refractivity (Wildman–Crippen MR) is 28.8 cm³/mol. The molecule has 0 aliphatic heterocycles. The van der Waals surface area contributed by atoms with Crippen LogP contribution in [0.4, 0.5) is 0 Å². The van der Waals surface area contributed by atoms with Gasteiger partial charge in [0.2, 0.25) is 0 Å². The van der Waals surface area contributed by atoms with Crippen molar-refractivity contribution in [3.05, 3.63) is 0 Å². The average Bonchev–Trinajstić information content (AvgIpc) is 1.69. The van der Waals surface area contributed by atoms with Crippen molar-refractivity contribution < 1.29 is 0 Å². The van der Waals surface area contributed by atoms with Crippen LogP contribution in [0.25, 0.3) is 0 Å². The molecular formula is C3H6N4. The quantitative estimate of drug-likeness (QED) is 0.211. The summed E-state index contributed by atoms with van der Waals surface area (Å²) in [5, 5.41) is 9.55. The lowest BCUT2D eigenvalue weighted by molar-refractivity contribution is 1.10. The molecule has 0 rings (SSSR count). The van der Waals surface area contributed by atoms with Crippen LogP contribution in [-0.4, -0.2) is 20.1 Å². The molecule has 0 unspecified atom stereocenters. The van der Waals surface area contributed by atoms with E-state index in [2.05, 4.69) is 27.1 Å². The molecule has 0 saturated carbocycles. The van der Waals surface area contributed by atoms with E-state index in [0.717, 1.165) is 0 Å². The molecule has 0 atom stereocenters. The Morgan fingerprint density at radius 3 is 2.71 bits per heavy atom. The Labute approximate surface area is 41.7 Å². The zero-order valence-corrected chi connectivity index (χ0v) is 4.07. The highest BCUT2D eigenvalue weighted by molar-refractivity contribution is 5.53. The molecule has 0 amide bonds. The largest absolute Gasteiger partial charge is 0.275 e. The van der Waals surface area contributed by atoms with Crippen LogP contribution in [0.1, 0.15) is 0 Å². The standard InChI is InChI=1S/C3H6N4/c1-4-3-6-7-5-2/h3H,2H2,1H3/b4-3-,7-6-. The van der Waals surface area contributed by atoms with Gasteiger partial charge in [-0.1, -0.05) is 0 Å². The maximum Gasteiger partial charge on any atom is 0.134 e. The van der Waals surface area contributed by atoms with Crippen molar-refractivity contribution in [2.24, 2.45) is 20.4 Å². The first-order chi connectivity index (χ1) is 3.41. The maximum absolute atomic E-state index is 3.50. The molecule has 0 fully saturated rings. The van der Waals surface area contributed by atoms with E-state index in [4.69, 9.17) is 0 Å². The van der Waals surface area contributed by atoms with Crippen LogP contribution in [0.2, 0.25) is 0 Å². The summed E-state index contributed by atoms with van der Waals surface area (Å²) in [7, 11) is 1.60. The van der Waals surface area contributed by atoms with Gasteiger partial charge in [0, 0.05) is 13.8 Å². The SMILES string of the molecule is C=N/N=N\C=N/C. The highest BCUT2D eigenvalue weighted by Gasteiger charge is 1.53. The highest BCUT2D eigenvalue weighted by Crippen LogP contribution is 1.66. The molecule has 0 aromatic carbocycles. The summed E-state index contributed by atoms with van der Waals surface area (Å²) in [5.74, 6) is 0. The second-order valence-electron chi connectivity index (χ2n) is 0.720. The van der Waals surface area contributed by atoms with Gasteiger partial charge >= 0.3 is 0 Å². The second kappa shape index (κ2) is 4.94. The minimum absolute atomic E-state index is 1.29. The van der Waals surface area contributed by atoms with Crippen LogP contribution in [0, 0.1) is 0 Å². The summed E-state index contributed by atoms with van der Waals surface area (Å²) in [6.07, 6.45) is 1.29. The third-order valence-corrected chi connectivity index (χ3v) is 0.282. The van der Waals surface area contributed by atoms with Crippen molar-refractivity contribution in [2.45, 2.75) is 0 Å². The van der Waals surface area contributed by atoms with Crippen molar-refractivity contribution in [1.82, 2.24) is 0 Å². The normalized spacial score (nSPS) is 11.0. The van der Waals surface area contributed by atoms with Crippen LogP contribution in [-0.2, 0) is 0 Å². The van der Waals surface area contributed by atoms with Crippen LogP contribution in [0.5, 0.6) is 0 Å². The lowest BCUT2D eigenvalue weighted by Gasteiger charge is -1.65. The maximum atomic E-state index is 3.50. The highest BCUT2D eigenvalue weighted by atomic mass is 15.4. The van der Waals surface area contributed by atoms with E-state index in [9.17, 15) is 0 Å². The van der Waals surface area contributed by atoms with Gasteiger partial charge in [-0.05, 0) is 5.22 Å². The minimum Gasteiger partial charge on any atom is -0.275 e.